The summed E-state index contributed by atoms with van der Waals surface area (Å²) in [6.45, 7) is 3.19. The molecule has 6 nitrogen and oxygen atoms in total. The number of alkyl carbamates (subject to hydrolysis) is 1. The average Bonchev–Trinajstić information content (AvgIpc) is 2.45. The maximum atomic E-state index is 11.6. The van der Waals surface area contributed by atoms with Crippen molar-refractivity contribution in [2.45, 2.75) is 32.5 Å². The van der Waals surface area contributed by atoms with Gasteiger partial charge in [-0.15, -0.1) is 0 Å². The zero-order valence-electron chi connectivity index (χ0n) is 11.5. The third-order valence-corrected chi connectivity index (χ3v) is 2.51. The summed E-state index contributed by atoms with van der Waals surface area (Å²) < 4.78 is 4.98. The third kappa shape index (κ3) is 5.51. The highest BCUT2D eigenvalue weighted by Gasteiger charge is 2.17. The number of carbonyl (C=O) groups excluding carboxylic acids is 3. The first-order chi connectivity index (χ1) is 9.52. The van der Waals surface area contributed by atoms with Gasteiger partial charge in [0.1, 0.15) is 18.9 Å². The van der Waals surface area contributed by atoms with Crippen molar-refractivity contribution in [1.82, 2.24) is 10.6 Å². The number of carbonyl (C=O) groups is 3. The van der Waals surface area contributed by atoms with Gasteiger partial charge in [-0.3, -0.25) is 4.79 Å². The Bertz CT molecular complexity index is 462. The van der Waals surface area contributed by atoms with E-state index in [1.807, 2.05) is 30.3 Å². The standard InChI is InChI=1S/C14H18N2O4/c1-10(8-17)15-13(18)11(2)16-14(19)20-9-12-6-4-3-5-7-12/h3-8,10-11H,9H2,1-2H3,(H,15,18)(H,16,19)/t10-,11?/m0/s1. The van der Waals surface area contributed by atoms with Gasteiger partial charge in [-0.25, -0.2) is 4.79 Å². The van der Waals surface area contributed by atoms with Crippen molar-refractivity contribution in [3.8, 4) is 0 Å². The molecule has 1 aromatic carbocycles. The number of hydrogen-bond acceptors (Lipinski definition) is 4. The van der Waals surface area contributed by atoms with Crippen molar-refractivity contribution in [2.75, 3.05) is 0 Å². The van der Waals surface area contributed by atoms with Crippen LogP contribution in [0.1, 0.15) is 19.4 Å². The monoisotopic (exact) mass is 278 g/mol. The molecule has 1 unspecified atom stereocenters. The maximum absolute atomic E-state index is 11.6. The van der Waals surface area contributed by atoms with E-state index in [4.69, 9.17) is 4.74 Å². The van der Waals surface area contributed by atoms with Crippen LogP contribution < -0.4 is 10.6 Å². The van der Waals surface area contributed by atoms with Crippen molar-refractivity contribution >= 4 is 18.3 Å². The van der Waals surface area contributed by atoms with E-state index in [0.717, 1.165) is 5.56 Å². The second-order valence-electron chi connectivity index (χ2n) is 4.36. The zero-order valence-corrected chi connectivity index (χ0v) is 11.5. The van der Waals surface area contributed by atoms with Gasteiger partial charge in [-0.2, -0.15) is 0 Å². The highest BCUT2D eigenvalue weighted by Crippen LogP contribution is 2.00. The van der Waals surface area contributed by atoms with Crippen molar-refractivity contribution in [3.05, 3.63) is 35.9 Å². The van der Waals surface area contributed by atoms with E-state index in [1.54, 1.807) is 6.92 Å². The molecule has 0 saturated carbocycles. The molecule has 1 rings (SSSR count). The Kier molecular flexibility index (Phi) is 6.22. The predicted octanol–water partition coefficient (Wildman–Crippen LogP) is 1.00. The summed E-state index contributed by atoms with van der Waals surface area (Å²) in [5, 5.41) is 4.82. The summed E-state index contributed by atoms with van der Waals surface area (Å²) >= 11 is 0. The molecule has 0 aliphatic rings. The lowest BCUT2D eigenvalue weighted by atomic mass is 10.2. The van der Waals surface area contributed by atoms with Gasteiger partial charge in [0.25, 0.3) is 0 Å². The average molecular weight is 278 g/mol. The molecule has 0 radical (unpaired) electrons. The first-order valence-electron chi connectivity index (χ1n) is 6.26. The summed E-state index contributed by atoms with van der Waals surface area (Å²) in [6.07, 6.45) is -0.0755. The molecular formula is C14H18N2O4. The first kappa shape index (κ1) is 15.7. The van der Waals surface area contributed by atoms with E-state index in [9.17, 15) is 14.4 Å². The lowest BCUT2D eigenvalue weighted by Crippen LogP contribution is -2.47. The molecule has 2 N–H and O–H groups in total. The van der Waals surface area contributed by atoms with Crippen LogP contribution in [-0.4, -0.2) is 30.4 Å². The molecule has 0 aromatic heterocycles. The molecule has 2 atom stereocenters. The van der Waals surface area contributed by atoms with Crippen LogP contribution in [-0.2, 0) is 20.9 Å². The molecule has 2 amide bonds. The first-order valence-corrected chi connectivity index (χ1v) is 6.26. The van der Waals surface area contributed by atoms with Gasteiger partial charge in [-0.1, -0.05) is 30.3 Å². The molecule has 0 aliphatic heterocycles. The summed E-state index contributed by atoms with van der Waals surface area (Å²) in [6, 6.07) is 7.84. The number of rotatable bonds is 6. The van der Waals surface area contributed by atoms with E-state index in [1.165, 1.54) is 6.92 Å². The molecule has 0 aliphatic carbocycles. The van der Waals surface area contributed by atoms with E-state index in [2.05, 4.69) is 10.6 Å². The highest BCUT2D eigenvalue weighted by molar-refractivity contribution is 5.86. The second kappa shape index (κ2) is 7.93. The quantitative estimate of drug-likeness (QED) is 0.760. The zero-order chi connectivity index (χ0) is 15.0. The minimum atomic E-state index is -0.777. The summed E-state index contributed by atoms with van der Waals surface area (Å²) in [4.78, 5) is 33.5. The molecule has 20 heavy (non-hydrogen) atoms. The van der Waals surface area contributed by atoms with Gasteiger partial charge in [-0.05, 0) is 19.4 Å². The van der Waals surface area contributed by atoms with Gasteiger partial charge >= 0.3 is 6.09 Å². The molecule has 0 saturated heterocycles. The van der Waals surface area contributed by atoms with Crippen molar-refractivity contribution in [3.63, 3.8) is 0 Å². The number of nitrogens with one attached hydrogen (secondary N) is 2. The smallest absolute Gasteiger partial charge is 0.408 e. The fourth-order valence-corrected chi connectivity index (χ4v) is 1.39. The van der Waals surface area contributed by atoms with Crippen LogP contribution in [0.2, 0.25) is 0 Å². The van der Waals surface area contributed by atoms with Crippen LogP contribution in [0.25, 0.3) is 0 Å². The Balaban J connectivity index is 2.34. The second-order valence-corrected chi connectivity index (χ2v) is 4.36. The minimum absolute atomic E-state index is 0.131. The minimum Gasteiger partial charge on any atom is -0.445 e. The Morgan fingerprint density at radius 2 is 1.85 bits per heavy atom. The van der Waals surface area contributed by atoms with Gasteiger partial charge in [0.05, 0.1) is 6.04 Å². The molecule has 0 spiro atoms. The molecule has 6 heteroatoms. The molecule has 0 heterocycles. The third-order valence-electron chi connectivity index (χ3n) is 2.51. The lowest BCUT2D eigenvalue weighted by Gasteiger charge is -2.15. The van der Waals surface area contributed by atoms with E-state index >= 15 is 0 Å². The van der Waals surface area contributed by atoms with E-state index < -0.39 is 24.1 Å². The van der Waals surface area contributed by atoms with Crippen molar-refractivity contribution in [1.29, 1.82) is 0 Å². The van der Waals surface area contributed by atoms with Crippen LogP contribution in [0.4, 0.5) is 4.79 Å². The van der Waals surface area contributed by atoms with Crippen molar-refractivity contribution < 1.29 is 19.1 Å². The number of amides is 2. The van der Waals surface area contributed by atoms with Gasteiger partial charge < -0.3 is 20.2 Å². The van der Waals surface area contributed by atoms with E-state index in [-0.39, 0.29) is 6.61 Å². The number of benzene rings is 1. The fourth-order valence-electron chi connectivity index (χ4n) is 1.39. The normalized spacial score (nSPS) is 12.9. The van der Waals surface area contributed by atoms with Crippen LogP contribution in [0.5, 0.6) is 0 Å². The summed E-state index contributed by atoms with van der Waals surface area (Å²) in [7, 11) is 0. The topological polar surface area (TPSA) is 84.5 Å². The number of aldehydes is 1. The Morgan fingerprint density at radius 1 is 1.20 bits per heavy atom. The SMILES string of the molecule is CC(NC(=O)OCc1ccccc1)C(=O)N[C@@H](C)C=O. The van der Waals surface area contributed by atoms with Gasteiger partial charge in [0, 0.05) is 0 Å². The van der Waals surface area contributed by atoms with Crippen LogP contribution >= 0.6 is 0 Å². The molecule has 0 fully saturated rings. The molecule has 0 bridgehead atoms. The number of ether oxygens (including phenoxy) is 1. The molecule has 108 valence electrons. The predicted molar refractivity (Wildman–Crippen MR) is 72.9 cm³/mol. The maximum Gasteiger partial charge on any atom is 0.408 e. The van der Waals surface area contributed by atoms with Crippen LogP contribution in [0, 0.1) is 0 Å². The fraction of sp³-hybridized carbons (Fsp3) is 0.357. The Morgan fingerprint density at radius 3 is 2.45 bits per heavy atom. The van der Waals surface area contributed by atoms with Crippen molar-refractivity contribution in [2.24, 2.45) is 0 Å². The molecule has 1 aromatic rings. The van der Waals surface area contributed by atoms with Gasteiger partial charge in [0.2, 0.25) is 5.91 Å². The van der Waals surface area contributed by atoms with Gasteiger partial charge in [0.15, 0.2) is 0 Å². The van der Waals surface area contributed by atoms with Crippen LogP contribution in [0.15, 0.2) is 30.3 Å². The highest BCUT2D eigenvalue weighted by atomic mass is 16.5. The van der Waals surface area contributed by atoms with E-state index in [0.29, 0.717) is 6.29 Å². The van der Waals surface area contributed by atoms with Crippen LogP contribution in [0.3, 0.4) is 0 Å². The summed E-state index contributed by atoms with van der Waals surface area (Å²) in [5.41, 5.74) is 0.856. The Labute approximate surface area is 117 Å². The summed E-state index contributed by atoms with van der Waals surface area (Å²) in [5.74, 6) is -0.443. The largest absolute Gasteiger partial charge is 0.445 e. The number of hydrogen-bond donors (Lipinski definition) is 2. The Hall–Kier alpha value is -2.37. The lowest BCUT2D eigenvalue weighted by molar-refractivity contribution is -0.125. The molecular weight excluding hydrogens is 260 g/mol.